The van der Waals surface area contributed by atoms with E-state index in [-0.39, 0.29) is 5.75 Å². The molecule has 0 unspecified atom stereocenters. The van der Waals surface area contributed by atoms with Crippen LogP contribution in [0.2, 0.25) is 0 Å². The predicted molar refractivity (Wildman–Crippen MR) is 112 cm³/mol. The van der Waals surface area contributed by atoms with Gasteiger partial charge in [0, 0.05) is 28.9 Å². The summed E-state index contributed by atoms with van der Waals surface area (Å²) in [6.45, 7) is 4.06. The molecule has 1 aliphatic rings. The SMILES string of the molecule is COc1ccc2c(-c3ccc(C)cc3O)nnc(N[C@@H]3CCCN(C)C3)c2c1. The van der Waals surface area contributed by atoms with Gasteiger partial charge in [-0.2, -0.15) is 0 Å². The van der Waals surface area contributed by atoms with Crippen molar-refractivity contribution in [3.8, 4) is 22.8 Å². The molecule has 1 aliphatic heterocycles. The Hall–Kier alpha value is -2.86. The third-order valence-corrected chi connectivity index (χ3v) is 5.36. The molecule has 1 aromatic heterocycles. The molecule has 0 bridgehead atoms. The van der Waals surface area contributed by atoms with Crippen molar-refractivity contribution in [1.29, 1.82) is 0 Å². The molecule has 146 valence electrons. The van der Waals surface area contributed by atoms with Gasteiger partial charge < -0.3 is 20.1 Å². The molecule has 28 heavy (non-hydrogen) atoms. The fraction of sp³-hybridized carbons (Fsp3) is 0.364. The number of anilines is 1. The number of phenolic OH excluding ortho intramolecular Hbond substituents is 1. The Balaban J connectivity index is 1.81. The zero-order valence-corrected chi connectivity index (χ0v) is 16.6. The maximum Gasteiger partial charge on any atom is 0.157 e. The van der Waals surface area contributed by atoms with Crippen molar-refractivity contribution < 1.29 is 9.84 Å². The van der Waals surface area contributed by atoms with Gasteiger partial charge in [0.15, 0.2) is 5.82 Å². The van der Waals surface area contributed by atoms with Gasteiger partial charge in [-0.1, -0.05) is 6.07 Å². The number of methoxy groups -OCH3 is 1. The summed E-state index contributed by atoms with van der Waals surface area (Å²) in [7, 11) is 3.80. The number of benzene rings is 2. The Kier molecular flexibility index (Phi) is 5.05. The lowest BCUT2D eigenvalue weighted by Crippen LogP contribution is -2.40. The summed E-state index contributed by atoms with van der Waals surface area (Å²) in [5, 5.41) is 24.9. The molecule has 0 aliphatic carbocycles. The Morgan fingerprint density at radius 2 is 2.00 bits per heavy atom. The average Bonchev–Trinajstić information content (AvgIpc) is 2.68. The fourth-order valence-electron chi connectivity index (χ4n) is 3.89. The van der Waals surface area contributed by atoms with Gasteiger partial charge in [0.25, 0.3) is 0 Å². The Morgan fingerprint density at radius 3 is 2.75 bits per heavy atom. The minimum absolute atomic E-state index is 0.209. The van der Waals surface area contributed by atoms with Crippen molar-refractivity contribution in [3.05, 3.63) is 42.0 Å². The van der Waals surface area contributed by atoms with Crippen molar-refractivity contribution in [2.45, 2.75) is 25.8 Å². The predicted octanol–water partition coefficient (Wildman–Crippen LogP) is 3.83. The summed E-state index contributed by atoms with van der Waals surface area (Å²) in [4.78, 5) is 2.33. The molecular weight excluding hydrogens is 352 g/mol. The molecule has 1 atom stereocenters. The zero-order chi connectivity index (χ0) is 19.7. The van der Waals surface area contributed by atoms with E-state index in [9.17, 15) is 5.11 Å². The molecule has 4 rings (SSSR count). The van der Waals surface area contributed by atoms with Crippen LogP contribution in [0.1, 0.15) is 18.4 Å². The Bertz CT molecular complexity index is 1010. The van der Waals surface area contributed by atoms with Crippen LogP contribution < -0.4 is 10.1 Å². The number of nitrogens with zero attached hydrogens (tertiary/aromatic N) is 3. The number of likely N-dealkylation sites (N-methyl/N-ethyl adjacent to an activating group) is 1. The van der Waals surface area contributed by atoms with Gasteiger partial charge in [0.2, 0.25) is 0 Å². The number of nitrogens with one attached hydrogen (secondary N) is 1. The molecule has 2 N–H and O–H groups in total. The summed E-state index contributed by atoms with van der Waals surface area (Å²) < 4.78 is 5.44. The van der Waals surface area contributed by atoms with Gasteiger partial charge in [-0.3, -0.25) is 0 Å². The zero-order valence-electron chi connectivity index (χ0n) is 16.6. The maximum atomic E-state index is 10.5. The molecule has 0 amide bonds. The first kappa shape index (κ1) is 18.5. The number of aromatic nitrogens is 2. The van der Waals surface area contributed by atoms with Crippen molar-refractivity contribution in [3.63, 3.8) is 0 Å². The topological polar surface area (TPSA) is 70.5 Å². The van der Waals surface area contributed by atoms with E-state index in [0.717, 1.165) is 53.8 Å². The fourth-order valence-corrected chi connectivity index (χ4v) is 3.89. The lowest BCUT2D eigenvalue weighted by atomic mass is 10.0. The number of likely N-dealkylation sites (tertiary alicyclic amines) is 1. The first-order valence-corrected chi connectivity index (χ1v) is 9.64. The van der Waals surface area contributed by atoms with Crippen LogP contribution in [0.25, 0.3) is 22.0 Å². The number of fused-ring (bicyclic) bond motifs is 1. The molecule has 0 radical (unpaired) electrons. The highest BCUT2D eigenvalue weighted by atomic mass is 16.5. The molecule has 6 nitrogen and oxygen atoms in total. The highest BCUT2D eigenvalue weighted by Gasteiger charge is 2.20. The van der Waals surface area contributed by atoms with Gasteiger partial charge in [-0.05, 0) is 69.3 Å². The van der Waals surface area contributed by atoms with E-state index in [4.69, 9.17) is 4.74 Å². The third kappa shape index (κ3) is 3.60. The first-order chi connectivity index (χ1) is 13.5. The Morgan fingerprint density at radius 1 is 1.14 bits per heavy atom. The normalized spacial score (nSPS) is 17.6. The number of ether oxygens (including phenoxy) is 1. The van der Waals surface area contributed by atoms with E-state index in [1.165, 1.54) is 0 Å². The summed E-state index contributed by atoms with van der Waals surface area (Å²) in [6.07, 6.45) is 2.27. The molecule has 1 fully saturated rings. The first-order valence-electron chi connectivity index (χ1n) is 9.64. The highest BCUT2D eigenvalue weighted by molar-refractivity contribution is 6.01. The van der Waals surface area contributed by atoms with Gasteiger partial charge in [0.05, 0.1) is 7.11 Å². The second-order valence-corrected chi connectivity index (χ2v) is 7.58. The van der Waals surface area contributed by atoms with E-state index >= 15 is 0 Å². The monoisotopic (exact) mass is 378 g/mol. The minimum Gasteiger partial charge on any atom is -0.507 e. The molecule has 3 aromatic rings. The lowest BCUT2D eigenvalue weighted by molar-refractivity contribution is 0.261. The van der Waals surface area contributed by atoms with Crippen LogP contribution in [0.15, 0.2) is 36.4 Å². The summed E-state index contributed by atoms with van der Waals surface area (Å²) in [5.74, 6) is 1.73. The number of piperidine rings is 1. The van der Waals surface area contributed by atoms with E-state index in [1.54, 1.807) is 13.2 Å². The van der Waals surface area contributed by atoms with Gasteiger partial charge in [-0.15, -0.1) is 10.2 Å². The molecule has 0 spiro atoms. The van der Waals surface area contributed by atoms with Crippen molar-refractivity contribution in [2.24, 2.45) is 0 Å². The average molecular weight is 378 g/mol. The van der Waals surface area contributed by atoms with E-state index in [0.29, 0.717) is 17.3 Å². The molecule has 2 aromatic carbocycles. The summed E-state index contributed by atoms with van der Waals surface area (Å²) >= 11 is 0. The molecule has 0 saturated carbocycles. The van der Waals surface area contributed by atoms with Crippen molar-refractivity contribution >= 4 is 16.6 Å². The van der Waals surface area contributed by atoms with E-state index in [1.807, 2.05) is 37.3 Å². The van der Waals surface area contributed by atoms with Crippen LogP contribution >= 0.6 is 0 Å². The number of rotatable bonds is 4. The minimum atomic E-state index is 0.209. The number of aryl methyl sites for hydroxylation is 1. The number of hydrogen-bond acceptors (Lipinski definition) is 6. The highest BCUT2D eigenvalue weighted by Crippen LogP contribution is 2.36. The van der Waals surface area contributed by atoms with Gasteiger partial charge in [0.1, 0.15) is 17.2 Å². The quantitative estimate of drug-likeness (QED) is 0.719. The van der Waals surface area contributed by atoms with Crippen LogP contribution in [-0.4, -0.2) is 53.5 Å². The second kappa shape index (κ2) is 7.64. The molecule has 6 heteroatoms. The van der Waals surface area contributed by atoms with Gasteiger partial charge in [-0.25, -0.2) is 0 Å². The van der Waals surface area contributed by atoms with Gasteiger partial charge >= 0.3 is 0 Å². The van der Waals surface area contributed by atoms with Crippen LogP contribution in [0.5, 0.6) is 11.5 Å². The van der Waals surface area contributed by atoms with Crippen molar-refractivity contribution in [2.75, 3.05) is 32.6 Å². The smallest absolute Gasteiger partial charge is 0.157 e. The van der Waals surface area contributed by atoms with Crippen LogP contribution in [0.4, 0.5) is 5.82 Å². The van der Waals surface area contributed by atoms with Crippen LogP contribution in [0.3, 0.4) is 0 Å². The Labute approximate surface area is 165 Å². The maximum absolute atomic E-state index is 10.5. The number of aromatic hydroxyl groups is 1. The molecular formula is C22H26N4O2. The summed E-state index contributed by atoms with van der Waals surface area (Å²) in [5.41, 5.74) is 2.35. The molecule has 2 heterocycles. The molecule has 1 saturated heterocycles. The lowest BCUT2D eigenvalue weighted by Gasteiger charge is -2.30. The van der Waals surface area contributed by atoms with Crippen LogP contribution in [0, 0.1) is 6.92 Å². The number of phenols is 1. The largest absolute Gasteiger partial charge is 0.507 e. The van der Waals surface area contributed by atoms with E-state index < -0.39 is 0 Å². The summed E-state index contributed by atoms with van der Waals surface area (Å²) in [6, 6.07) is 11.8. The number of hydrogen-bond donors (Lipinski definition) is 2. The standard InChI is InChI=1S/C22H26N4O2/c1-14-6-8-18(20(27)11-14)21-17-9-7-16(28-3)12-19(17)22(25-24-21)23-15-5-4-10-26(2)13-15/h6-9,11-12,15,27H,4-5,10,13H2,1-3H3,(H,23,25)/t15-/m1/s1. The third-order valence-electron chi connectivity index (χ3n) is 5.36. The van der Waals surface area contributed by atoms with E-state index in [2.05, 4.69) is 27.5 Å². The van der Waals surface area contributed by atoms with Crippen molar-refractivity contribution in [1.82, 2.24) is 15.1 Å². The second-order valence-electron chi connectivity index (χ2n) is 7.58. The van der Waals surface area contributed by atoms with Crippen LogP contribution in [-0.2, 0) is 0 Å².